The minimum Gasteiger partial charge on any atom is -0.495 e. The number of methoxy groups -OCH3 is 1. The van der Waals surface area contributed by atoms with Crippen LogP contribution in [0.5, 0.6) is 5.75 Å². The predicted molar refractivity (Wildman–Crippen MR) is 106 cm³/mol. The van der Waals surface area contributed by atoms with Gasteiger partial charge in [0.15, 0.2) is 0 Å². The van der Waals surface area contributed by atoms with Crippen LogP contribution < -0.4 is 15.4 Å². The maximum Gasteiger partial charge on any atom is 0.239 e. The van der Waals surface area contributed by atoms with Crippen molar-refractivity contribution in [3.8, 4) is 5.75 Å². The molecule has 1 amide bonds. The van der Waals surface area contributed by atoms with E-state index < -0.39 is 0 Å². The fourth-order valence-corrected chi connectivity index (χ4v) is 3.01. The van der Waals surface area contributed by atoms with Crippen molar-refractivity contribution in [2.24, 2.45) is 0 Å². The highest BCUT2D eigenvalue weighted by Gasteiger charge is 2.10. The first-order chi connectivity index (χ1) is 13.2. The lowest BCUT2D eigenvalue weighted by atomic mass is 10.1. The number of hydrogen-bond donors (Lipinski definition) is 2. The Kier molecular flexibility index (Phi) is 7.07. The second-order valence-corrected chi connectivity index (χ2v) is 6.54. The van der Waals surface area contributed by atoms with Crippen LogP contribution in [0.1, 0.15) is 11.1 Å². The van der Waals surface area contributed by atoms with Crippen LogP contribution in [0.3, 0.4) is 0 Å². The molecule has 0 unspecified atom stereocenters. The third-order valence-electron chi connectivity index (χ3n) is 4.57. The summed E-state index contributed by atoms with van der Waals surface area (Å²) in [5.41, 5.74) is 3.18. The van der Waals surface area contributed by atoms with Crippen LogP contribution in [-0.4, -0.2) is 50.8 Å². The first-order valence-electron chi connectivity index (χ1n) is 9.26. The Labute approximate surface area is 160 Å². The van der Waals surface area contributed by atoms with Gasteiger partial charge in [-0.15, -0.1) is 0 Å². The molecule has 144 valence electrons. The SMILES string of the molecule is COc1ccccc1NCC(=O)NCc1ccc(CN2CCOCC2)cc1. The molecule has 27 heavy (non-hydrogen) atoms. The lowest BCUT2D eigenvalue weighted by Crippen LogP contribution is -2.35. The molecule has 6 heteroatoms. The summed E-state index contributed by atoms with van der Waals surface area (Å²) < 4.78 is 10.6. The van der Waals surface area contributed by atoms with Crippen molar-refractivity contribution in [3.05, 3.63) is 59.7 Å². The molecular formula is C21H27N3O3. The fraction of sp³-hybridized carbons (Fsp3) is 0.381. The summed E-state index contributed by atoms with van der Waals surface area (Å²) >= 11 is 0. The summed E-state index contributed by atoms with van der Waals surface area (Å²) in [7, 11) is 1.61. The number of nitrogens with one attached hydrogen (secondary N) is 2. The van der Waals surface area contributed by atoms with Crippen LogP contribution >= 0.6 is 0 Å². The van der Waals surface area contributed by atoms with Crippen molar-refractivity contribution in [1.82, 2.24) is 10.2 Å². The van der Waals surface area contributed by atoms with Gasteiger partial charge in [-0.2, -0.15) is 0 Å². The molecule has 0 radical (unpaired) electrons. The van der Waals surface area contributed by atoms with Crippen molar-refractivity contribution in [1.29, 1.82) is 0 Å². The molecule has 3 rings (SSSR count). The number of anilines is 1. The molecule has 2 aromatic rings. The van der Waals surface area contributed by atoms with Gasteiger partial charge >= 0.3 is 0 Å². The van der Waals surface area contributed by atoms with Gasteiger partial charge in [0.1, 0.15) is 5.75 Å². The first-order valence-corrected chi connectivity index (χ1v) is 9.26. The van der Waals surface area contributed by atoms with Crippen molar-refractivity contribution < 1.29 is 14.3 Å². The van der Waals surface area contributed by atoms with Gasteiger partial charge in [-0.1, -0.05) is 36.4 Å². The highest BCUT2D eigenvalue weighted by molar-refractivity contribution is 5.81. The van der Waals surface area contributed by atoms with Gasteiger partial charge in [0.2, 0.25) is 5.91 Å². The van der Waals surface area contributed by atoms with Crippen molar-refractivity contribution in [2.75, 3.05) is 45.3 Å². The van der Waals surface area contributed by atoms with E-state index in [1.807, 2.05) is 24.3 Å². The number of ether oxygens (including phenoxy) is 2. The molecular weight excluding hydrogens is 342 g/mol. The molecule has 0 saturated carbocycles. The highest BCUT2D eigenvalue weighted by Crippen LogP contribution is 2.22. The first kappa shape index (κ1) is 19.2. The van der Waals surface area contributed by atoms with E-state index in [0.29, 0.717) is 6.54 Å². The van der Waals surface area contributed by atoms with E-state index in [4.69, 9.17) is 9.47 Å². The minimum atomic E-state index is -0.0571. The molecule has 0 atom stereocenters. The quantitative estimate of drug-likeness (QED) is 0.747. The number of hydrogen-bond acceptors (Lipinski definition) is 5. The van der Waals surface area contributed by atoms with E-state index in [0.717, 1.165) is 49.8 Å². The number of rotatable bonds is 8. The summed E-state index contributed by atoms with van der Waals surface area (Å²) in [5.74, 6) is 0.666. The molecule has 6 nitrogen and oxygen atoms in total. The van der Waals surface area contributed by atoms with Gasteiger partial charge in [0.25, 0.3) is 0 Å². The van der Waals surface area contributed by atoms with Gasteiger partial charge in [-0.05, 0) is 23.3 Å². The summed E-state index contributed by atoms with van der Waals surface area (Å²) in [5, 5.41) is 6.04. The minimum absolute atomic E-state index is 0.0571. The van der Waals surface area contributed by atoms with E-state index in [9.17, 15) is 4.79 Å². The van der Waals surface area contributed by atoms with Crippen LogP contribution in [0.15, 0.2) is 48.5 Å². The van der Waals surface area contributed by atoms with E-state index in [1.54, 1.807) is 7.11 Å². The van der Waals surface area contributed by atoms with E-state index in [2.05, 4.69) is 39.8 Å². The standard InChI is InChI=1S/C21H27N3O3/c1-26-20-5-3-2-4-19(20)22-15-21(25)23-14-17-6-8-18(9-7-17)16-24-10-12-27-13-11-24/h2-9,22H,10-16H2,1H3,(H,23,25). The second-order valence-electron chi connectivity index (χ2n) is 6.54. The molecule has 2 aromatic carbocycles. The number of nitrogens with zero attached hydrogens (tertiary/aromatic N) is 1. The molecule has 0 spiro atoms. The predicted octanol–water partition coefficient (Wildman–Crippen LogP) is 2.26. The zero-order valence-corrected chi connectivity index (χ0v) is 15.7. The summed E-state index contributed by atoms with van der Waals surface area (Å²) in [6, 6.07) is 16.0. The molecule has 1 saturated heterocycles. The molecule has 1 fully saturated rings. The number of carbonyl (C=O) groups excluding carboxylic acids is 1. The average molecular weight is 369 g/mol. The lowest BCUT2D eigenvalue weighted by molar-refractivity contribution is -0.119. The molecule has 1 aliphatic rings. The Hall–Kier alpha value is -2.57. The van der Waals surface area contributed by atoms with Gasteiger partial charge in [-0.3, -0.25) is 9.69 Å². The summed E-state index contributed by atoms with van der Waals surface area (Å²) in [4.78, 5) is 14.5. The molecule has 0 aromatic heterocycles. The van der Waals surface area contributed by atoms with Gasteiger partial charge < -0.3 is 20.1 Å². The van der Waals surface area contributed by atoms with Gasteiger partial charge in [0.05, 0.1) is 32.6 Å². The number of morpholine rings is 1. The molecule has 2 N–H and O–H groups in total. The number of para-hydroxylation sites is 2. The third-order valence-corrected chi connectivity index (χ3v) is 4.57. The topological polar surface area (TPSA) is 62.8 Å². The maximum absolute atomic E-state index is 12.1. The Morgan fingerprint density at radius 3 is 2.52 bits per heavy atom. The van der Waals surface area contributed by atoms with Crippen molar-refractivity contribution in [2.45, 2.75) is 13.1 Å². The zero-order chi connectivity index (χ0) is 18.9. The largest absolute Gasteiger partial charge is 0.495 e. The number of amides is 1. The van der Waals surface area contributed by atoms with Crippen LogP contribution in [0.25, 0.3) is 0 Å². The van der Waals surface area contributed by atoms with Crippen LogP contribution in [0.4, 0.5) is 5.69 Å². The van der Waals surface area contributed by atoms with Crippen LogP contribution in [0, 0.1) is 0 Å². The fourth-order valence-electron chi connectivity index (χ4n) is 3.01. The second kappa shape index (κ2) is 9.94. The normalized spacial score (nSPS) is 14.6. The van der Waals surface area contributed by atoms with Gasteiger partial charge in [0, 0.05) is 26.2 Å². The Balaban J connectivity index is 1.42. The smallest absolute Gasteiger partial charge is 0.239 e. The van der Waals surface area contributed by atoms with Crippen LogP contribution in [0.2, 0.25) is 0 Å². The Morgan fingerprint density at radius 2 is 1.78 bits per heavy atom. The highest BCUT2D eigenvalue weighted by atomic mass is 16.5. The molecule has 1 heterocycles. The number of carbonyl (C=O) groups is 1. The average Bonchev–Trinajstić information content (AvgIpc) is 2.72. The maximum atomic E-state index is 12.1. The summed E-state index contributed by atoms with van der Waals surface area (Å²) in [6.45, 7) is 5.26. The van der Waals surface area contributed by atoms with Crippen molar-refractivity contribution in [3.63, 3.8) is 0 Å². The Morgan fingerprint density at radius 1 is 1.07 bits per heavy atom. The zero-order valence-electron chi connectivity index (χ0n) is 15.7. The number of benzene rings is 2. The van der Waals surface area contributed by atoms with Crippen molar-refractivity contribution >= 4 is 11.6 Å². The van der Waals surface area contributed by atoms with Gasteiger partial charge in [-0.25, -0.2) is 0 Å². The van der Waals surface area contributed by atoms with Crippen LogP contribution in [-0.2, 0) is 22.6 Å². The third kappa shape index (κ3) is 5.98. The molecule has 0 aliphatic carbocycles. The molecule has 1 aliphatic heterocycles. The molecule has 0 bridgehead atoms. The monoisotopic (exact) mass is 369 g/mol. The lowest BCUT2D eigenvalue weighted by Gasteiger charge is -2.26. The van der Waals surface area contributed by atoms with E-state index >= 15 is 0 Å². The van der Waals surface area contributed by atoms with E-state index in [-0.39, 0.29) is 12.5 Å². The summed E-state index contributed by atoms with van der Waals surface area (Å²) in [6.07, 6.45) is 0. The Bertz CT molecular complexity index is 728. The van der Waals surface area contributed by atoms with E-state index in [1.165, 1.54) is 5.56 Å².